The zero-order valence-electron chi connectivity index (χ0n) is 19.6. The number of hydrogen-bond acceptors (Lipinski definition) is 6. The number of hydrogen-bond donors (Lipinski definition) is 3. The summed E-state index contributed by atoms with van der Waals surface area (Å²) >= 11 is 0. The molecule has 2 aromatic rings. The van der Waals surface area contributed by atoms with Crippen LogP contribution in [-0.4, -0.2) is 53.5 Å². The van der Waals surface area contributed by atoms with Crippen LogP contribution in [0.25, 0.3) is 10.8 Å². The number of benzene rings is 1. The normalized spacial score (nSPS) is 19.6. The molecule has 0 bridgehead atoms. The van der Waals surface area contributed by atoms with E-state index in [0.29, 0.717) is 25.3 Å². The Balaban J connectivity index is 1.43. The maximum absolute atomic E-state index is 13.5. The Bertz CT molecular complexity index is 1050. The number of ether oxygens (including phenoxy) is 1. The molecule has 2 fully saturated rings. The molecule has 9 heteroatoms. The number of carbonyl (C=O) groups is 3. The third kappa shape index (κ3) is 5.24. The van der Waals surface area contributed by atoms with Crippen molar-refractivity contribution < 1.29 is 19.1 Å². The summed E-state index contributed by atoms with van der Waals surface area (Å²) in [4.78, 5) is 44.3. The summed E-state index contributed by atoms with van der Waals surface area (Å²) in [5.74, 6) is 0.162. The minimum atomic E-state index is -0.666. The molecular weight excluding hydrogens is 434 g/mol. The number of pyridine rings is 1. The second-order valence-corrected chi connectivity index (χ2v) is 9.17. The van der Waals surface area contributed by atoms with E-state index in [1.54, 1.807) is 11.1 Å². The van der Waals surface area contributed by atoms with E-state index in [1.807, 2.05) is 24.3 Å². The number of fused-ring (bicyclic) bond motifs is 1. The molecule has 2 heterocycles. The summed E-state index contributed by atoms with van der Waals surface area (Å²) < 4.78 is 4.77. The van der Waals surface area contributed by atoms with Gasteiger partial charge in [0.15, 0.2) is 0 Å². The van der Waals surface area contributed by atoms with E-state index in [1.165, 1.54) is 7.11 Å². The Morgan fingerprint density at radius 3 is 2.71 bits per heavy atom. The van der Waals surface area contributed by atoms with Gasteiger partial charge >= 0.3 is 6.09 Å². The van der Waals surface area contributed by atoms with Crippen LogP contribution in [0.1, 0.15) is 50.5 Å². The first kappa shape index (κ1) is 23.8. The fraction of sp³-hybridized carbons (Fsp3) is 0.520. The van der Waals surface area contributed by atoms with Crippen LogP contribution in [0.4, 0.5) is 10.6 Å². The van der Waals surface area contributed by atoms with E-state index in [2.05, 4.69) is 15.6 Å². The van der Waals surface area contributed by atoms with Crippen molar-refractivity contribution in [2.45, 2.75) is 63.6 Å². The van der Waals surface area contributed by atoms with E-state index < -0.39 is 18.2 Å². The molecule has 1 aliphatic heterocycles. The molecule has 34 heavy (non-hydrogen) atoms. The lowest BCUT2D eigenvalue weighted by Crippen LogP contribution is -2.56. The highest BCUT2D eigenvalue weighted by molar-refractivity contribution is 5.93. The predicted molar refractivity (Wildman–Crippen MR) is 129 cm³/mol. The maximum Gasteiger partial charge on any atom is 0.407 e. The topological polar surface area (TPSA) is 127 Å². The predicted octanol–water partition coefficient (Wildman–Crippen LogP) is 2.73. The van der Waals surface area contributed by atoms with Gasteiger partial charge in [-0.15, -0.1) is 0 Å². The summed E-state index contributed by atoms with van der Waals surface area (Å²) in [5.41, 5.74) is 6.86. The van der Waals surface area contributed by atoms with Gasteiger partial charge in [0.1, 0.15) is 17.9 Å². The van der Waals surface area contributed by atoms with Crippen molar-refractivity contribution >= 4 is 34.5 Å². The van der Waals surface area contributed by atoms with Gasteiger partial charge in [-0.1, -0.05) is 31.4 Å². The summed E-state index contributed by atoms with van der Waals surface area (Å²) in [6.45, 7) is 0.854. The lowest BCUT2D eigenvalue weighted by molar-refractivity contribution is -0.141. The first-order valence-electron chi connectivity index (χ1n) is 12.0. The zero-order valence-corrected chi connectivity index (χ0v) is 19.6. The Kier molecular flexibility index (Phi) is 7.49. The molecule has 2 aliphatic rings. The van der Waals surface area contributed by atoms with Crippen molar-refractivity contribution in [3.8, 4) is 0 Å². The van der Waals surface area contributed by atoms with E-state index in [4.69, 9.17) is 10.5 Å². The number of carbonyl (C=O) groups excluding carboxylic acids is 3. The van der Waals surface area contributed by atoms with Crippen molar-refractivity contribution in [3.63, 3.8) is 0 Å². The molecule has 4 rings (SSSR count). The number of nitrogens with one attached hydrogen (secondary N) is 2. The van der Waals surface area contributed by atoms with Crippen molar-refractivity contribution in [1.82, 2.24) is 20.5 Å². The average Bonchev–Trinajstić information content (AvgIpc) is 3.36. The van der Waals surface area contributed by atoms with E-state index in [-0.39, 0.29) is 17.7 Å². The van der Waals surface area contributed by atoms with Crippen LogP contribution in [0.3, 0.4) is 0 Å². The number of alkyl carbamates (subject to hydrolysis) is 1. The molecule has 2 atom stereocenters. The number of likely N-dealkylation sites (tertiary alicyclic amines) is 1. The number of aromatic nitrogens is 1. The number of nitrogens with zero attached hydrogens (tertiary/aromatic N) is 2. The van der Waals surface area contributed by atoms with Gasteiger partial charge in [-0.05, 0) is 54.7 Å². The quantitative estimate of drug-likeness (QED) is 0.600. The molecule has 9 nitrogen and oxygen atoms in total. The Morgan fingerprint density at radius 2 is 1.94 bits per heavy atom. The third-order valence-electron chi connectivity index (χ3n) is 7.01. The molecule has 0 radical (unpaired) electrons. The first-order valence-corrected chi connectivity index (χ1v) is 12.0. The molecule has 1 saturated carbocycles. The summed E-state index contributed by atoms with van der Waals surface area (Å²) in [6, 6.07) is 6.47. The molecule has 1 unspecified atom stereocenters. The fourth-order valence-corrected chi connectivity index (χ4v) is 5.18. The molecule has 3 amide bonds. The summed E-state index contributed by atoms with van der Waals surface area (Å²) in [6.07, 6.45) is 7.38. The summed E-state index contributed by atoms with van der Waals surface area (Å²) in [7, 11) is 1.29. The van der Waals surface area contributed by atoms with Crippen LogP contribution in [0, 0.1) is 5.92 Å². The van der Waals surface area contributed by atoms with Crippen molar-refractivity contribution in [2.24, 2.45) is 5.92 Å². The molecule has 1 aromatic heterocycles. The second kappa shape index (κ2) is 10.7. The number of nitrogens with two attached hydrogens (primary N) is 1. The third-order valence-corrected chi connectivity index (χ3v) is 7.01. The largest absolute Gasteiger partial charge is 0.453 e. The highest BCUT2D eigenvalue weighted by Gasteiger charge is 2.40. The number of anilines is 1. The van der Waals surface area contributed by atoms with Gasteiger partial charge in [0.05, 0.1) is 7.11 Å². The molecular formula is C25H33N5O4. The van der Waals surface area contributed by atoms with Gasteiger partial charge in [0, 0.05) is 24.7 Å². The monoisotopic (exact) mass is 467 g/mol. The van der Waals surface area contributed by atoms with Gasteiger partial charge in [-0.3, -0.25) is 9.59 Å². The molecule has 182 valence electrons. The lowest BCUT2D eigenvalue weighted by atomic mass is 9.83. The van der Waals surface area contributed by atoms with E-state index in [9.17, 15) is 14.4 Å². The lowest BCUT2D eigenvalue weighted by Gasteiger charge is -2.34. The Labute approximate surface area is 199 Å². The molecule has 1 aliphatic carbocycles. The van der Waals surface area contributed by atoms with Crippen LogP contribution < -0.4 is 16.4 Å². The van der Waals surface area contributed by atoms with Crippen molar-refractivity contribution in [1.29, 1.82) is 0 Å². The van der Waals surface area contributed by atoms with Gasteiger partial charge in [0.25, 0.3) is 0 Å². The van der Waals surface area contributed by atoms with E-state index >= 15 is 0 Å². The van der Waals surface area contributed by atoms with Crippen LogP contribution in [-0.2, 0) is 20.9 Å². The molecule has 0 spiro atoms. The second-order valence-electron chi connectivity index (χ2n) is 9.17. The number of nitrogen functional groups attached to an aromatic ring is 1. The van der Waals surface area contributed by atoms with Crippen LogP contribution in [0.2, 0.25) is 0 Å². The first-order chi connectivity index (χ1) is 16.5. The average molecular weight is 468 g/mol. The highest BCUT2D eigenvalue weighted by Crippen LogP contribution is 2.29. The molecule has 1 aromatic carbocycles. The molecule has 4 N–H and O–H groups in total. The van der Waals surface area contributed by atoms with Gasteiger partial charge in [-0.2, -0.15) is 0 Å². The van der Waals surface area contributed by atoms with Crippen molar-refractivity contribution in [2.75, 3.05) is 19.4 Å². The Hall–Kier alpha value is -3.36. The minimum Gasteiger partial charge on any atom is -0.453 e. The molecule has 1 saturated heterocycles. The van der Waals surface area contributed by atoms with Crippen LogP contribution in [0.5, 0.6) is 0 Å². The van der Waals surface area contributed by atoms with E-state index in [0.717, 1.165) is 54.9 Å². The van der Waals surface area contributed by atoms with Gasteiger partial charge in [0.2, 0.25) is 11.8 Å². The van der Waals surface area contributed by atoms with Crippen LogP contribution >= 0.6 is 0 Å². The van der Waals surface area contributed by atoms with Gasteiger partial charge < -0.3 is 26.0 Å². The smallest absolute Gasteiger partial charge is 0.407 e. The number of amides is 3. The maximum atomic E-state index is 13.5. The Morgan fingerprint density at radius 1 is 1.15 bits per heavy atom. The standard InChI is InChI=1S/C25H33N5O4/c1-34-25(33)29-21(17-6-3-2-4-7-17)24(32)30-13-5-8-20(30)23(31)28-15-16-9-10-19-18(14-16)11-12-27-22(19)26/h9-12,14,17,20-21H,2-8,13,15H2,1H3,(H2,26,27)(H,28,31)(H,29,33)/t20?,21-/m1/s1. The SMILES string of the molecule is COC(=O)N[C@@H](C(=O)N1CCCC1C(=O)NCc1ccc2c(N)nccc2c1)C1CCCCC1. The van der Waals surface area contributed by atoms with Crippen molar-refractivity contribution in [3.05, 3.63) is 36.0 Å². The minimum absolute atomic E-state index is 0.0594. The number of methoxy groups -OCH3 is 1. The highest BCUT2D eigenvalue weighted by atomic mass is 16.5. The zero-order chi connectivity index (χ0) is 24.1. The van der Waals surface area contributed by atoms with Gasteiger partial charge in [-0.25, -0.2) is 9.78 Å². The van der Waals surface area contributed by atoms with Crippen LogP contribution in [0.15, 0.2) is 30.5 Å². The number of rotatable bonds is 6. The fourth-order valence-electron chi connectivity index (χ4n) is 5.18. The summed E-state index contributed by atoms with van der Waals surface area (Å²) in [5, 5.41) is 7.57.